The number of oxazole rings is 1. The van der Waals surface area contributed by atoms with Gasteiger partial charge in [0.15, 0.2) is 10.7 Å². The number of ether oxygens (including phenoxy) is 1. The average molecular weight is 325 g/mol. The van der Waals surface area contributed by atoms with Crippen LogP contribution >= 0.6 is 11.3 Å². The lowest BCUT2D eigenvalue weighted by molar-refractivity contribution is 0.341. The SMILES string of the molecule is CCOc1ccc2nc(Nc3nc4cccc(C)c4o3)sc2c1. The van der Waals surface area contributed by atoms with Gasteiger partial charge < -0.3 is 9.15 Å². The van der Waals surface area contributed by atoms with Crippen molar-refractivity contribution in [3.05, 3.63) is 42.0 Å². The number of fused-ring (bicyclic) bond motifs is 2. The summed E-state index contributed by atoms with van der Waals surface area (Å²) in [6.07, 6.45) is 0. The van der Waals surface area contributed by atoms with Crippen LogP contribution in [-0.2, 0) is 0 Å². The predicted octanol–water partition coefficient (Wildman–Crippen LogP) is 4.89. The average Bonchev–Trinajstić information content (AvgIpc) is 3.11. The first-order chi connectivity index (χ1) is 11.2. The lowest BCUT2D eigenvalue weighted by Gasteiger charge is -2.00. The fourth-order valence-corrected chi connectivity index (χ4v) is 3.33. The minimum atomic E-state index is 0.457. The van der Waals surface area contributed by atoms with Crippen molar-refractivity contribution in [1.82, 2.24) is 9.97 Å². The van der Waals surface area contributed by atoms with E-state index < -0.39 is 0 Å². The molecular formula is C17H15N3O2S. The summed E-state index contributed by atoms with van der Waals surface area (Å²) >= 11 is 1.54. The molecule has 4 rings (SSSR count). The third-order valence-electron chi connectivity index (χ3n) is 3.50. The lowest BCUT2D eigenvalue weighted by atomic mass is 10.2. The van der Waals surface area contributed by atoms with E-state index in [-0.39, 0.29) is 0 Å². The van der Waals surface area contributed by atoms with Crippen LogP contribution in [-0.4, -0.2) is 16.6 Å². The van der Waals surface area contributed by atoms with Gasteiger partial charge >= 0.3 is 6.01 Å². The van der Waals surface area contributed by atoms with Crippen molar-refractivity contribution in [3.63, 3.8) is 0 Å². The standard InChI is InChI=1S/C17H15N3O2S/c1-3-21-11-7-8-12-14(9-11)23-17(19-12)20-16-18-13-6-4-5-10(2)15(13)22-16/h4-9H,3H2,1-2H3,(H,18,19,20). The summed E-state index contributed by atoms with van der Waals surface area (Å²) in [7, 11) is 0. The quantitative estimate of drug-likeness (QED) is 0.579. The van der Waals surface area contributed by atoms with Gasteiger partial charge in [-0.05, 0) is 43.7 Å². The van der Waals surface area contributed by atoms with Crippen LogP contribution in [0.1, 0.15) is 12.5 Å². The summed E-state index contributed by atoms with van der Waals surface area (Å²) in [6, 6.07) is 12.2. The first-order valence-corrected chi connectivity index (χ1v) is 8.21. The van der Waals surface area contributed by atoms with Gasteiger partial charge in [-0.25, -0.2) is 4.98 Å². The Balaban J connectivity index is 1.67. The summed E-state index contributed by atoms with van der Waals surface area (Å²) < 4.78 is 12.4. The Hall–Kier alpha value is -2.60. The minimum absolute atomic E-state index is 0.457. The van der Waals surface area contributed by atoms with Gasteiger partial charge in [-0.3, -0.25) is 5.32 Å². The summed E-state index contributed by atoms with van der Waals surface area (Å²) in [5, 5.41) is 3.90. The van der Waals surface area contributed by atoms with E-state index in [1.165, 1.54) is 0 Å². The van der Waals surface area contributed by atoms with E-state index in [1.807, 2.05) is 50.2 Å². The molecule has 0 bridgehead atoms. The van der Waals surface area contributed by atoms with Crippen molar-refractivity contribution in [1.29, 1.82) is 0 Å². The molecule has 0 spiro atoms. The van der Waals surface area contributed by atoms with Crippen LogP contribution in [0.4, 0.5) is 11.1 Å². The maximum absolute atomic E-state index is 5.78. The molecule has 0 unspecified atom stereocenters. The van der Waals surface area contributed by atoms with Gasteiger partial charge in [-0.2, -0.15) is 4.98 Å². The largest absolute Gasteiger partial charge is 0.494 e. The first kappa shape index (κ1) is 14.0. The molecule has 2 aromatic heterocycles. The lowest BCUT2D eigenvalue weighted by Crippen LogP contribution is -1.90. The molecule has 2 aromatic carbocycles. The Labute approximate surface area is 136 Å². The third kappa shape index (κ3) is 2.61. The molecule has 0 amide bonds. The van der Waals surface area contributed by atoms with Crippen molar-refractivity contribution in [2.75, 3.05) is 11.9 Å². The van der Waals surface area contributed by atoms with Crippen LogP contribution in [0.5, 0.6) is 5.75 Å². The molecule has 0 aliphatic rings. The summed E-state index contributed by atoms with van der Waals surface area (Å²) in [5.41, 5.74) is 3.63. The van der Waals surface area contributed by atoms with E-state index in [4.69, 9.17) is 9.15 Å². The highest BCUT2D eigenvalue weighted by Gasteiger charge is 2.11. The Kier molecular flexibility index (Phi) is 3.38. The fourth-order valence-electron chi connectivity index (χ4n) is 2.45. The van der Waals surface area contributed by atoms with Gasteiger partial charge in [0.25, 0.3) is 0 Å². The van der Waals surface area contributed by atoms with E-state index in [0.717, 1.165) is 37.8 Å². The second-order valence-corrected chi connectivity index (χ2v) is 6.18. The molecular weight excluding hydrogens is 310 g/mol. The second-order valence-electron chi connectivity index (χ2n) is 5.15. The number of aromatic nitrogens is 2. The van der Waals surface area contributed by atoms with Gasteiger partial charge in [-0.15, -0.1) is 0 Å². The van der Waals surface area contributed by atoms with Crippen LogP contribution in [0, 0.1) is 6.92 Å². The molecule has 4 aromatic rings. The molecule has 6 heteroatoms. The van der Waals surface area contributed by atoms with E-state index in [1.54, 1.807) is 11.3 Å². The molecule has 23 heavy (non-hydrogen) atoms. The molecule has 0 aliphatic carbocycles. The highest BCUT2D eigenvalue weighted by atomic mass is 32.1. The Bertz CT molecular complexity index is 990. The van der Waals surface area contributed by atoms with Gasteiger partial charge in [0.1, 0.15) is 11.3 Å². The highest BCUT2D eigenvalue weighted by Crippen LogP contribution is 2.32. The molecule has 0 radical (unpaired) electrons. The molecule has 0 saturated carbocycles. The van der Waals surface area contributed by atoms with E-state index in [0.29, 0.717) is 12.6 Å². The number of rotatable bonds is 4. The fraction of sp³-hybridized carbons (Fsp3) is 0.176. The predicted molar refractivity (Wildman–Crippen MR) is 92.8 cm³/mol. The number of hydrogen-bond acceptors (Lipinski definition) is 6. The number of anilines is 2. The molecule has 2 heterocycles. The molecule has 0 atom stereocenters. The van der Waals surface area contributed by atoms with Crippen molar-refractivity contribution in [2.24, 2.45) is 0 Å². The highest BCUT2D eigenvalue weighted by molar-refractivity contribution is 7.22. The molecule has 0 saturated heterocycles. The van der Waals surface area contributed by atoms with Gasteiger partial charge in [0.2, 0.25) is 0 Å². The molecule has 0 aliphatic heterocycles. The van der Waals surface area contributed by atoms with Gasteiger partial charge in [0.05, 0.1) is 16.8 Å². The normalized spacial score (nSPS) is 11.2. The first-order valence-electron chi connectivity index (χ1n) is 7.39. The molecule has 0 fully saturated rings. The van der Waals surface area contributed by atoms with Crippen LogP contribution < -0.4 is 10.1 Å². The third-order valence-corrected chi connectivity index (χ3v) is 4.43. The Morgan fingerprint density at radius 2 is 2.09 bits per heavy atom. The van der Waals surface area contributed by atoms with Crippen molar-refractivity contribution >= 4 is 43.8 Å². The topological polar surface area (TPSA) is 60.2 Å². The van der Waals surface area contributed by atoms with Crippen molar-refractivity contribution in [2.45, 2.75) is 13.8 Å². The zero-order chi connectivity index (χ0) is 15.8. The van der Waals surface area contributed by atoms with Gasteiger partial charge in [0, 0.05) is 0 Å². The number of hydrogen-bond donors (Lipinski definition) is 1. The van der Waals surface area contributed by atoms with Crippen LogP contribution in [0.3, 0.4) is 0 Å². The summed E-state index contributed by atoms with van der Waals surface area (Å²) in [5.74, 6) is 0.854. The minimum Gasteiger partial charge on any atom is -0.494 e. The van der Waals surface area contributed by atoms with E-state index in [9.17, 15) is 0 Å². The monoisotopic (exact) mass is 325 g/mol. The van der Waals surface area contributed by atoms with Crippen LogP contribution in [0.2, 0.25) is 0 Å². The summed E-state index contributed by atoms with van der Waals surface area (Å²) in [4.78, 5) is 9.00. The zero-order valence-corrected chi connectivity index (χ0v) is 13.6. The van der Waals surface area contributed by atoms with E-state index in [2.05, 4.69) is 15.3 Å². The maximum Gasteiger partial charge on any atom is 0.302 e. The number of nitrogens with one attached hydrogen (secondary N) is 1. The molecule has 116 valence electrons. The van der Waals surface area contributed by atoms with Crippen LogP contribution in [0.25, 0.3) is 21.3 Å². The number of nitrogens with zero attached hydrogens (tertiary/aromatic N) is 2. The molecule has 5 nitrogen and oxygen atoms in total. The number of benzene rings is 2. The summed E-state index contributed by atoms with van der Waals surface area (Å²) in [6.45, 7) is 4.63. The van der Waals surface area contributed by atoms with Crippen molar-refractivity contribution < 1.29 is 9.15 Å². The second kappa shape index (κ2) is 5.55. The number of para-hydroxylation sites is 1. The molecule has 1 N–H and O–H groups in total. The Morgan fingerprint density at radius 3 is 2.91 bits per heavy atom. The smallest absolute Gasteiger partial charge is 0.302 e. The number of thiazole rings is 1. The van der Waals surface area contributed by atoms with E-state index >= 15 is 0 Å². The maximum atomic E-state index is 5.78. The van der Waals surface area contributed by atoms with Crippen molar-refractivity contribution in [3.8, 4) is 5.75 Å². The van der Waals surface area contributed by atoms with Gasteiger partial charge in [-0.1, -0.05) is 23.5 Å². The Morgan fingerprint density at radius 1 is 1.17 bits per heavy atom. The zero-order valence-electron chi connectivity index (χ0n) is 12.8. The van der Waals surface area contributed by atoms with Crippen LogP contribution in [0.15, 0.2) is 40.8 Å². The number of aryl methyl sites for hydroxylation is 1.